The molecule has 0 saturated heterocycles. The minimum atomic E-state index is 0.522. The number of benzene rings is 2. The number of nitrogen functional groups attached to an aromatic ring is 1. The molecule has 3 rings (SSSR count). The fraction of sp³-hybridized carbons (Fsp3) is 0.0526. The molecule has 24 heavy (non-hydrogen) atoms. The van der Waals surface area contributed by atoms with Gasteiger partial charge < -0.3 is 16.8 Å². The summed E-state index contributed by atoms with van der Waals surface area (Å²) in [5, 5.41) is 3.19. The maximum absolute atomic E-state index is 5.98. The summed E-state index contributed by atoms with van der Waals surface area (Å²) in [7, 11) is 0. The molecule has 0 aliphatic carbocycles. The van der Waals surface area contributed by atoms with Crippen molar-refractivity contribution in [3.8, 4) is 11.3 Å². The average Bonchev–Trinajstić information content (AvgIpc) is 2.58. The standard InChI is InChI=1S/C19H19N5/c1-12-16(4-3-5-17(12)21)18-10-11-22-19(24-18)23-15-8-6-14(7-9-15)13(2)20/h3-11H,2,20-21H2,1H3,(H,22,23,24). The molecule has 2 aromatic carbocycles. The monoisotopic (exact) mass is 317 g/mol. The third kappa shape index (κ3) is 3.20. The highest BCUT2D eigenvalue weighted by molar-refractivity contribution is 5.71. The van der Waals surface area contributed by atoms with E-state index >= 15 is 0 Å². The van der Waals surface area contributed by atoms with Gasteiger partial charge in [-0.1, -0.05) is 30.8 Å². The third-order valence-corrected chi connectivity index (χ3v) is 3.82. The Morgan fingerprint density at radius 3 is 2.54 bits per heavy atom. The molecule has 0 radical (unpaired) electrons. The van der Waals surface area contributed by atoms with E-state index in [-0.39, 0.29) is 0 Å². The molecule has 0 spiro atoms. The molecule has 5 nitrogen and oxygen atoms in total. The van der Waals surface area contributed by atoms with Crippen LogP contribution < -0.4 is 16.8 Å². The average molecular weight is 317 g/mol. The first-order valence-corrected chi connectivity index (χ1v) is 7.55. The highest BCUT2D eigenvalue weighted by Gasteiger charge is 2.07. The summed E-state index contributed by atoms with van der Waals surface area (Å²) < 4.78 is 0. The molecule has 3 aromatic rings. The molecular weight excluding hydrogens is 298 g/mol. The van der Waals surface area contributed by atoms with Crippen LogP contribution in [0.25, 0.3) is 17.0 Å². The van der Waals surface area contributed by atoms with Crippen molar-refractivity contribution in [1.29, 1.82) is 0 Å². The molecule has 0 saturated carbocycles. The lowest BCUT2D eigenvalue weighted by Crippen LogP contribution is -2.00. The van der Waals surface area contributed by atoms with Gasteiger partial charge in [0.2, 0.25) is 5.95 Å². The lowest BCUT2D eigenvalue weighted by Gasteiger charge is -2.10. The quantitative estimate of drug-likeness (QED) is 0.638. The molecule has 0 amide bonds. The molecule has 1 aromatic heterocycles. The van der Waals surface area contributed by atoms with Gasteiger partial charge in [-0.05, 0) is 42.3 Å². The first kappa shape index (κ1) is 15.6. The van der Waals surface area contributed by atoms with Gasteiger partial charge in [0.15, 0.2) is 0 Å². The Hall–Kier alpha value is -3.34. The topological polar surface area (TPSA) is 89.8 Å². The number of nitrogens with two attached hydrogens (primary N) is 2. The highest BCUT2D eigenvalue weighted by Crippen LogP contribution is 2.26. The number of nitrogens with one attached hydrogen (secondary N) is 1. The second-order valence-corrected chi connectivity index (χ2v) is 5.51. The van der Waals surface area contributed by atoms with Crippen LogP contribution in [-0.4, -0.2) is 9.97 Å². The lowest BCUT2D eigenvalue weighted by molar-refractivity contribution is 1.17. The number of nitrogens with zero attached hydrogens (tertiary/aromatic N) is 2. The summed E-state index contributed by atoms with van der Waals surface area (Å²) in [4.78, 5) is 8.85. The summed E-state index contributed by atoms with van der Waals surface area (Å²) in [5.74, 6) is 0.522. The van der Waals surface area contributed by atoms with E-state index in [1.54, 1.807) is 6.20 Å². The van der Waals surface area contributed by atoms with Crippen LogP contribution >= 0.6 is 0 Å². The molecular formula is C19H19N5. The van der Waals surface area contributed by atoms with Crippen LogP contribution in [0, 0.1) is 6.92 Å². The Labute approximate surface area is 141 Å². The molecule has 5 N–H and O–H groups in total. The summed E-state index contributed by atoms with van der Waals surface area (Å²) in [6.45, 7) is 5.71. The van der Waals surface area contributed by atoms with Gasteiger partial charge in [-0.2, -0.15) is 0 Å². The predicted octanol–water partition coefficient (Wildman–Crippen LogP) is 3.71. The van der Waals surface area contributed by atoms with Gasteiger partial charge in [-0.25, -0.2) is 9.97 Å². The van der Waals surface area contributed by atoms with E-state index in [0.29, 0.717) is 11.6 Å². The van der Waals surface area contributed by atoms with Crippen molar-refractivity contribution >= 4 is 23.0 Å². The minimum Gasteiger partial charge on any atom is -0.399 e. The second-order valence-electron chi connectivity index (χ2n) is 5.51. The molecule has 0 bridgehead atoms. The van der Waals surface area contributed by atoms with Crippen molar-refractivity contribution < 1.29 is 0 Å². The van der Waals surface area contributed by atoms with Gasteiger partial charge in [0.05, 0.1) is 5.69 Å². The summed E-state index contributed by atoms with van der Waals surface area (Å²) in [6.07, 6.45) is 1.73. The molecule has 0 fully saturated rings. The van der Waals surface area contributed by atoms with Gasteiger partial charge >= 0.3 is 0 Å². The zero-order valence-electron chi connectivity index (χ0n) is 13.5. The van der Waals surface area contributed by atoms with Gasteiger partial charge in [0.25, 0.3) is 0 Å². The Balaban J connectivity index is 1.88. The van der Waals surface area contributed by atoms with Crippen LogP contribution in [0.15, 0.2) is 61.3 Å². The van der Waals surface area contributed by atoms with E-state index in [1.807, 2.05) is 55.5 Å². The van der Waals surface area contributed by atoms with Gasteiger partial charge in [-0.3, -0.25) is 0 Å². The highest BCUT2D eigenvalue weighted by atomic mass is 15.1. The summed E-state index contributed by atoms with van der Waals surface area (Å²) in [5.41, 5.74) is 17.5. The van der Waals surface area contributed by atoms with Crippen molar-refractivity contribution in [3.63, 3.8) is 0 Å². The Morgan fingerprint density at radius 1 is 1.08 bits per heavy atom. The van der Waals surface area contributed by atoms with Crippen molar-refractivity contribution in [1.82, 2.24) is 9.97 Å². The number of hydrogen-bond donors (Lipinski definition) is 3. The lowest BCUT2D eigenvalue weighted by atomic mass is 10.0. The minimum absolute atomic E-state index is 0.522. The number of hydrogen-bond acceptors (Lipinski definition) is 5. The first-order chi connectivity index (χ1) is 11.5. The SMILES string of the molecule is C=C(N)c1ccc(Nc2nccc(-c3cccc(N)c3C)n2)cc1. The smallest absolute Gasteiger partial charge is 0.227 e. The van der Waals surface area contributed by atoms with E-state index in [4.69, 9.17) is 11.5 Å². The Kier molecular flexibility index (Phi) is 4.16. The van der Waals surface area contributed by atoms with E-state index in [2.05, 4.69) is 21.9 Å². The van der Waals surface area contributed by atoms with Gasteiger partial charge in [0, 0.05) is 28.8 Å². The van der Waals surface area contributed by atoms with Crippen molar-refractivity contribution in [2.24, 2.45) is 5.73 Å². The molecule has 5 heteroatoms. The van der Waals surface area contributed by atoms with Crippen molar-refractivity contribution in [2.45, 2.75) is 6.92 Å². The van der Waals surface area contributed by atoms with E-state index in [0.717, 1.165) is 33.8 Å². The van der Waals surface area contributed by atoms with E-state index in [9.17, 15) is 0 Å². The Morgan fingerprint density at radius 2 is 1.83 bits per heavy atom. The van der Waals surface area contributed by atoms with Crippen LogP contribution in [0.2, 0.25) is 0 Å². The van der Waals surface area contributed by atoms with Gasteiger partial charge in [-0.15, -0.1) is 0 Å². The fourth-order valence-corrected chi connectivity index (χ4v) is 2.40. The zero-order valence-corrected chi connectivity index (χ0v) is 13.5. The van der Waals surface area contributed by atoms with Crippen LogP contribution in [0.4, 0.5) is 17.3 Å². The number of anilines is 3. The normalized spacial score (nSPS) is 10.4. The predicted molar refractivity (Wildman–Crippen MR) is 99.6 cm³/mol. The molecule has 0 unspecified atom stereocenters. The molecule has 0 atom stereocenters. The van der Waals surface area contributed by atoms with Crippen LogP contribution in [0.3, 0.4) is 0 Å². The first-order valence-electron chi connectivity index (χ1n) is 7.55. The van der Waals surface area contributed by atoms with Crippen molar-refractivity contribution in [3.05, 3.63) is 72.4 Å². The van der Waals surface area contributed by atoms with Crippen molar-refractivity contribution in [2.75, 3.05) is 11.1 Å². The second kappa shape index (κ2) is 6.42. The van der Waals surface area contributed by atoms with Crippen LogP contribution in [0.5, 0.6) is 0 Å². The fourth-order valence-electron chi connectivity index (χ4n) is 2.40. The van der Waals surface area contributed by atoms with Crippen LogP contribution in [0.1, 0.15) is 11.1 Å². The Bertz CT molecular complexity index is 885. The van der Waals surface area contributed by atoms with E-state index in [1.165, 1.54) is 0 Å². The van der Waals surface area contributed by atoms with Gasteiger partial charge in [0.1, 0.15) is 0 Å². The number of aromatic nitrogens is 2. The van der Waals surface area contributed by atoms with E-state index < -0.39 is 0 Å². The largest absolute Gasteiger partial charge is 0.399 e. The summed E-state index contributed by atoms with van der Waals surface area (Å²) >= 11 is 0. The maximum Gasteiger partial charge on any atom is 0.227 e. The third-order valence-electron chi connectivity index (χ3n) is 3.82. The zero-order chi connectivity index (χ0) is 17.1. The molecule has 120 valence electrons. The van der Waals surface area contributed by atoms with Crippen LogP contribution in [-0.2, 0) is 0 Å². The maximum atomic E-state index is 5.98. The molecule has 1 heterocycles. The molecule has 0 aliphatic heterocycles. The summed E-state index contributed by atoms with van der Waals surface area (Å²) in [6, 6.07) is 15.3. The molecule has 0 aliphatic rings. The number of rotatable bonds is 4.